The number of aromatic nitrogens is 4. The van der Waals surface area contributed by atoms with E-state index in [0.29, 0.717) is 19.0 Å². The number of sulfonamides is 1. The first-order chi connectivity index (χ1) is 11.8. The van der Waals surface area contributed by atoms with E-state index < -0.39 is 10.0 Å². The lowest BCUT2D eigenvalue weighted by atomic mass is 9.95. The molecule has 1 aliphatic rings. The molecule has 1 aliphatic heterocycles. The molecular formula is C17H25N5O2S. The highest BCUT2D eigenvalue weighted by Crippen LogP contribution is 2.25. The molecule has 136 valence electrons. The Labute approximate surface area is 149 Å². The lowest BCUT2D eigenvalue weighted by Gasteiger charge is -2.30. The first-order valence-electron chi connectivity index (χ1n) is 8.52. The summed E-state index contributed by atoms with van der Waals surface area (Å²) >= 11 is 0. The average molecular weight is 363 g/mol. The predicted molar refractivity (Wildman–Crippen MR) is 96.6 cm³/mol. The SMILES string of the molecule is Cc1nn(C)c(C)c1-c1cnc(CC2CCCN(S(C)(=O)=O)C2)cn1. The molecule has 1 saturated heterocycles. The van der Waals surface area contributed by atoms with E-state index in [4.69, 9.17) is 0 Å². The van der Waals surface area contributed by atoms with Gasteiger partial charge in [-0.1, -0.05) is 0 Å². The topological polar surface area (TPSA) is 81.0 Å². The zero-order valence-electron chi connectivity index (χ0n) is 15.2. The summed E-state index contributed by atoms with van der Waals surface area (Å²) < 4.78 is 26.9. The van der Waals surface area contributed by atoms with Gasteiger partial charge in [0, 0.05) is 37.6 Å². The second-order valence-corrected chi connectivity index (χ2v) is 8.88. The molecule has 1 unspecified atom stereocenters. The van der Waals surface area contributed by atoms with Crippen LogP contribution in [0.3, 0.4) is 0 Å². The number of hydrogen-bond acceptors (Lipinski definition) is 5. The van der Waals surface area contributed by atoms with Crippen molar-refractivity contribution in [2.75, 3.05) is 19.3 Å². The molecule has 0 bridgehead atoms. The smallest absolute Gasteiger partial charge is 0.211 e. The summed E-state index contributed by atoms with van der Waals surface area (Å²) in [6.45, 7) is 5.19. The van der Waals surface area contributed by atoms with Gasteiger partial charge < -0.3 is 0 Å². The van der Waals surface area contributed by atoms with Crippen LogP contribution in [0.2, 0.25) is 0 Å². The van der Waals surface area contributed by atoms with Crippen molar-refractivity contribution < 1.29 is 8.42 Å². The Kier molecular flexibility index (Phi) is 4.92. The molecule has 3 rings (SSSR count). The molecule has 0 aliphatic carbocycles. The minimum Gasteiger partial charge on any atom is -0.272 e. The van der Waals surface area contributed by atoms with Crippen molar-refractivity contribution in [3.05, 3.63) is 29.5 Å². The first-order valence-corrected chi connectivity index (χ1v) is 10.4. The molecular weight excluding hydrogens is 338 g/mol. The molecule has 2 aromatic rings. The predicted octanol–water partition coefficient (Wildman–Crippen LogP) is 1.71. The van der Waals surface area contributed by atoms with Crippen molar-refractivity contribution in [3.63, 3.8) is 0 Å². The van der Waals surface area contributed by atoms with E-state index in [0.717, 1.165) is 47.6 Å². The molecule has 3 heterocycles. The summed E-state index contributed by atoms with van der Waals surface area (Å²) in [7, 11) is -1.19. The van der Waals surface area contributed by atoms with Gasteiger partial charge >= 0.3 is 0 Å². The van der Waals surface area contributed by atoms with Crippen LogP contribution in [-0.2, 0) is 23.5 Å². The molecule has 2 aromatic heterocycles. The highest BCUT2D eigenvalue weighted by atomic mass is 32.2. The van der Waals surface area contributed by atoms with E-state index in [9.17, 15) is 8.42 Å². The Hall–Kier alpha value is -1.80. The van der Waals surface area contributed by atoms with Crippen LogP contribution in [0.25, 0.3) is 11.3 Å². The maximum absolute atomic E-state index is 11.7. The van der Waals surface area contributed by atoms with Gasteiger partial charge in [0.15, 0.2) is 0 Å². The van der Waals surface area contributed by atoms with E-state index in [1.165, 1.54) is 6.26 Å². The van der Waals surface area contributed by atoms with Crippen LogP contribution >= 0.6 is 0 Å². The molecule has 0 saturated carbocycles. The molecule has 0 radical (unpaired) electrons. The van der Waals surface area contributed by atoms with Crippen LogP contribution in [0.4, 0.5) is 0 Å². The summed E-state index contributed by atoms with van der Waals surface area (Å²) in [5.41, 5.74) is 4.77. The highest BCUT2D eigenvalue weighted by Gasteiger charge is 2.26. The zero-order chi connectivity index (χ0) is 18.2. The highest BCUT2D eigenvalue weighted by molar-refractivity contribution is 7.88. The van der Waals surface area contributed by atoms with E-state index in [1.54, 1.807) is 16.7 Å². The maximum Gasteiger partial charge on any atom is 0.211 e. The molecule has 0 aromatic carbocycles. The van der Waals surface area contributed by atoms with Gasteiger partial charge in [0.1, 0.15) is 0 Å². The van der Waals surface area contributed by atoms with Crippen LogP contribution in [0.15, 0.2) is 12.4 Å². The normalized spacial score (nSPS) is 19.3. The molecule has 0 amide bonds. The van der Waals surface area contributed by atoms with Crippen LogP contribution in [-0.4, -0.2) is 51.8 Å². The molecule has 1 atom stereocenters. The van der Waals surface area contributed by atoms with Crippen LogP contribution in [0.1, 0.15) is 29.9 Å². The quantitative estimate of drug-likeness (QED) is 0.826. The van der Waals surface area contributed by atoms with Crippen LogP contribution in [0.5, 0.6) is 0 Å². The standard InChI is InChI=1S/C17H25N5O2S/c1-12-17(13(2)21(3)20-12)16-10-18-15(9-19-16)8-14-6-5-7-22(11-14)25(4,23)24/h9-10,14H,5-8,11H2,1-4H3. The molecule has 0 spiro atoms. The third-order valence-corrected chi connectivity index (χ3v) is 6.19. The number of rotatable bonds is 4. The number of aryl methyl sites for hydroxylation is 2. The third-order valence-electron chi connectivity index (χ3n) is 4.92. The summed E-state index contributed by atoms with van der Waals surface area (Å²) in [6.07, 6.45) is 7.56. The lowest BCUT2D eigenvalue weighted by molar-refractivity contribution is 0.265. The first kappa shape index (κ1) is 18.0. The number of piperidine rings is 1. The van der Waals surface area contributed by atoms with Gasteiger partial charge in [-0.25, -0.2) is 12.7 Å². The minimum absolute atomic E-state index is 0.297. The van der Waals surface area contributed by atoms with Gasteiger partial charge in [-0.3, -0.25) is 14.6 Å². The molecule has 1 fully saturated rings. The third kappa shape index (κ3) is 3.90. The second kappa shape index (κ2) is 6.84. The van der Waals surface area contributed by atoms with Crippen LogP contribution < -0.4 is 0 Å². The number of nitrogens with zero attached hydrogens (tertiary/aromatic N) is 5. The fraction of sp³-hybridized carbons (Fsp3) is 0.588. The Morgan fingerprint density at radius 2 is 2.00 bits per heavy atom. The van der Waals surface area contributed by atoms with Gasteiger partial charge in [0.25, 0.3) is 0 Å². The largest absolute Gasteiger partial charge is 0.272 e. The monoisotopic (exact) mass is 363 g/mol. The van der Waals surface area contributed by atoms with Gasteiger partial charge in [0.2, 0.25) is 10.0 Å². The summed E-state index contributed by atoms with van der Waals surface area (Å²) in [5, 5.41) is 4.42. The molecule has 7 nitrogen and oxygen atoms in total. The molecule has 8 heteroatoms. The van der Waals surface area contributed by atoms with E-state index >= 15 is 0 Å². The van der Waals surface area contributed by atoms with Crippen LogP contribution in [0, 0.1) is 19.8 Å². The van der Waals surface area contributed by atoms with Gasteiger partial charge in [0.05, 0.1) is 29.5 Å². The molecule has 25 heavy (non-hydrogen) atoms. The Balaban J connectivity index is 1.73. The van der Waals surface area contributed by atoms with E-state index in [1.807, 2.05) is 25.6 Å². The summed E-state index contributed by atoms with van der Waals surface area (Å²) in [4.78, 5) is 9.13. The Morgan fingerprint density at radius 3 is 2.56 bits per heavy atom. The fourth-order valence-electron chi connectivity index (χ4n) is 3.52. The van der Waals surface area contributed by atoms with E-state index in [-0.39, 0.29) is 0 Å². The lowest BCUT2D eigenvalue weighted by Crippen LogP contribution is -2.39. The van der Waals surface area contributed by atoms with Gasteiger partial charge in [-0.05, 0) is 39.0 Å². The Morgan fingerprint density at radius 1 is 1.24 bits per heavy atom. The van der Waals surface area contributed by atoms with Crippen molar-refractivity contribution in [2.45, 2.75) is 33.1 Å². The fourth-order valence-corrected chi connectivity index (χ4v) is 4.47. The summed E-state index contributed by atoms with van der Waals surface area (Å²) in [6, 6.07) is 0. The Bertz CT molecular complexity index is 858. The second-order valence-electron chi connectivity index (χ2n) is 6.90. The van der Waals surface area contributed by atoms with Gasteiger partial charge in [-0.2, -0.15) is 5.10 Å². The van der Waals surface area contributed by atoms with Crippen molar-refractivity contribution in [1.82, 2.24) is 24.1 Å². The zero-order valence-corrected chi connectivity index (χ0v) is 16.0. The average Bonchev–Trinajstić information content (AvgIpc) is 2.80. The van der Waals surface area contributed by atoms with Crippen molar-refractivity contribution in [1.29, 1.82) is 0 Å². The molecule has 0 N–H and O–H groups in total. The van der Waals surface area contributed by atoms with Crippen molar-refractivity contribution in [2.24, 2.45) is 13.0 Å². The summed E-state index contributed by atoms with van der Waals surface area (Å²) in [5.74, 6) is 0.297. The van der Waals surface area contributed by atoms with Crippen molar-refractivity contribution in [3.8, 4) is 11.3 Å². The minimum atomic E-state index is -3.11. The van der Waals surface area contributed by atoms with E-state index in [2.05, 4.69) is 15.1 Å². The van der Waals surface area contributed by atoms with Gasteiger partial charge in [-0.15, -0.1) is 0 Å². The maximum atomic E-state index is 11.7. The van der Waals surface area contributed by atoms with Crippen molar-refractivity contribution >= 4 is 10.0 Å². The number of hydrogen-bond donors (Lipinski definition) is 0.